The van der Waals surface area contributed by atoms with Crippen LogP contribution < -0.4 is 51.7 Å². The minimum absolute atomic E-state index is 0.0500. The van der Waals surface area contributed by atoms with E-state index < -0.39 is 8.07 Å². The third-order valence-corrected chi connectivity index (χ3v) is 19.8. The minimum atomic E-state index is -2.87. The van der Waals surface area contributed by atoms with Gasteiger partial charge in [-0.25, -0.2) is 0 Å². The molecule has 10 aromatic rings. The van der Waals surface area contributed by atoms with Crippen LogP contribution in [0.25, 0.3) is 22.3 Å². The second-order valence-electron chi connectivity index (χ2n) is 20.1. The highest BCUT2D eigenvalue weighted by atomic mass is 28.3. The zero-order valence-electron chi connectivity index (χ0n) is 39.9. The summed E-state index contributed by atoms with van der Waals surface area (Å²) in [6.45, 7) is 9.04. The van der Waals surface area contributed by atoms with Crippen molar-refractivity contribution in [2.24, 2.45) is 0 Å². The van der Waals surface area contributed by atoms with Crippen LogP contribution >= 0.6 is 0 Å². The number of anilines is 6. The molecule has 0 aliphatic carbocycles. The topological polar surface area (TPSA) is 15.7 Å². The van der Waals surface area contributed by atoms with Crippen LogP contribution in [-0.2, 0) is 5.41 Å². The minimum Gasteiger partial charge on any atom is -0.458 e. The summed E-state index contributed by atoms with van der Waals surface area (Å²) in [6, 6.07) is 88.2. The van der Waals surface area contributed by atoms with E-state index in [2.05, 4.69) is 274 Å². The summed E-state index contributed by atoms with van der Waals surface area (Å²) >= 11 is 0. The summed E-state index contributed by atoms with van der Waals surface area (Å²) < 4.78 is 7.30. The monoisotopic (exact) mass is 914 g/mol. The summed E-state index contributed by atoms with van der Waals surface area (Å²) in [5.41, 5.74) is 17.8. The van der Waals surface area contributed by atoms with E-state index in [9.17, 15) is 0 Å². The molecule has 0 unspecified atom stereocenters. The van der Waals surface area contributed by atoms with E-state index in [0.29, 0.717) is 0 Å². The summed E-state index contributed by atoms with van der Waals surface area (Å²) in [5, 5.41) is 5.63. The van der Waals surface area contributed by atoms with Crippen molar-refractivity contribution in [3.63, 3.8) is 0 Å². The molecule has 0 atom stereocenters. The fourth-order valence-corrected chi connectivity index (χ4v) is 17.0. The average molecular weight is 915 g/mol. The van der Waals surface area contributed by atoms with Crippen LogP contribution in [0.2, 0.25) is 0 Å². The maximum absolute atomic E-state index is 7.30. The van der Waals surface area contributed by atoms with E-state index in [0.717, 1.165) is 51.0 Å². The Morgan fingerprint density at radius 3 is 1.69 bits per heavy atom. The van der Waals surface area contributed by atoms with Gasteiger partial charge in [-0.3, -0.25) is 0 Å². The molecule has 0 fully saturated rings. The maximum atomic E-state index is 7.30. The Balaban J connectivity index is 1.12. The molecule has 0 bridgehead atoms. The summed E-state index contributed by atoms with van der Waals surface area (Å²) in [7, 11) is -2.87. The molecule has 0 saturated carbocycles. The van der Waals surface area contributed by atoms with E-state index in [1.54, 1.807) is 0 Å². The average Bonchev–Trinajstić information content (AvgIpc) is 3.69. The number of hydrogen-bond acceptors (Lipinski definition) is 3. The second kappa shape index (κ2) is 16.3. The first-order chi connectivity index (χ1) is 34.3. The van der Waals surface area contributed by atoms with Crippen molar-refractivity contribution in [3.05, 3.63) is 248 Å². The highest BCUT2D eigenvalue weighted by Crippen LogP contribution is 2.47. The molecule has 334 valence electrons. The standard InChI is InChI=1S/C65H51BN2OSi/c1-44-38-59-64-61(39-44)69-60-41-49(67(47-24-12-6-13-25-47)48-26-14-7-15-27-48)35-36-55(60)66(64)56-42-54-52-32-20-21-33-62(52)70(50-28-16-8-17-29-50,51-30-18-9-19-31-51)63(54)43-58(56)68(59)57-37-34-46(65(2,3)4)40-53(57)45-22-10-5-11-23-45/h5-43H,1-4H3. The van der Waals surface area contributed by atoms with Gasteiger partial charge in [-0.05, 0) is 138 Å². The zero-order valence-corrected chi connectivity index (χ0v) is 40.9. The molecule has 0 saturated heterocycles. The Morgan fingerprint density at radius 1 is 0.443 bits per heavy atom. The SMILES string of the molecule is Cc1cc2c3c(c1)N(c1ccc(C(C)(C)C)cc1-c1ccccc1)c1cc4c(cc1B3c1ccc(N(c3ccccc3)c3ccccc3)cc1O2)-c1ccccc1[Si]4(c1ccccc1)c1ccccc1. The predicted octanol–water partition coefficient (Wildman–Crippen LogP) is 12.2. The molecule has 3 aliphatic rings. The Kier molecular flexibility index (Phi) is 9.76. The number of benzene rings is 10. The second-order valence-corrected chi connectivity index (χ2v) is 23.9. The van der Waals surface area contributed by atoms with Crippen LogP contribution in [0, 0.1) is 6.92 Å². The van der Waals surface area contributed by atoms with Gasteiger partial charge in [0.05, 0.1) is 5.69 Å². The van der Waals surface area contributed by atoms with Gasteiger partial charge in [0.25, 0.3) is 6.71 Å². The number of rotatable bonds is 7. The van der Waals surface area contributed by atoms with E-state index >= 15 is 0 Å². The lowest BCUT2D eigenvalue weighted by Gasteiger charge is -2.42. The Morgan fingerprint density at radius 2 is 1.04 bits per heavy atom. The van der Waals surface area contributed by atoms with Gasteiger partial charge in [0, 0.05) is 40.1 Å². The smallest absolute Gasteiger partial charge is 0.256 e. The normalized spacial score (nSPS) is 13.6. The van der Waals surface area contributed by atoms with E-state index in [1.807, 2.05) is 0 Å². The lowest BCUT2D eigenvalue weighted by Crippen LogP contribution is -2.73. The van der Waals surface area contributed by atoms with Gasteiger partial charge in [0.15, 0.2) is 8.07 Å². The Labute approximate surface area is 413 Å². The molecule has 3 aliphatic heterocycles. The third-order valence-electron chi connectivity index (χ3n) is 15.0. The Hall–Kier alpha value is -8.12. The molecule has 3 heterocycles. The van der Waals surface area contributed by atoms with Crippen LogP contribution in [0.1, 0.15) is 31.9 Å². The Bertz CT molecular complexity index is 3550. The molecule has 0 amide bonds. The molecule has 0 radical (unpaired) electrons. The van der Waals surface area contributed by atoms with Crippen LogP contribution in [0.3, 0.4) is 0 Å². The van der Waals surface area contributed by atoms with Crippen molar-refractivity contribution in [3.8, 4) is 33.8 Å². The molecule has 10 aromatic carbocycles. The molecular weight excluding hydrogens is 864 g/mol. The highest BCUT2D eigenvalue weighted by Gasteiger charge is 2.51. The van der Waals surface area contributed by atoms with Crippen molar-refractivity contribution < 1.29 is 4.74 Å². The molecule has 3 nitrogen and oxygen atoms in total. The van der Waals surface area contributed by atoms with Gasteiger partial charge in [-0.1, -0.05) is 191 Å². The quantitative estimate of drug-likeness (QED) is 0.148. The fourth-order valence-electron chi connectivity index (χ4n) is 11.8. The fraction of sp³-hybridized carbons (Fsp3) is 0.0769. The largest absolute Gasteiger partial charge is 0.458 e. The first-order valence-electron chi connectivity index (χ1n) is 24.5. The third kappa shape index (κ3) is 6.49. The van der Waals surface area contributed by atoms with Crippen molar-refractivity contribution in [2.45, 2.75) is 33.1 Å². The zero-order chi connectivity index (χ0) is 47.1. The van der Waals surface area contributed by atoms with Crippen molar-refractivity contribution in [1.82, 2.24) is 0 Å². The summed E-state index contributed by atoms with van der Waals surface area (Å²) in [4.78, 5) is 4.92. The van der Waals surface area contributed by atoms with E-state index in [4.69, 9.17) is 4.74 Å². The molecule has 5 heteroatoms. The van der Waals surface area contributed by atoms with Crippen LogP contribution in [-0.4, -0.2) is 14.8 Å². The lowest BCUT2D eigenvalue weighted by molar-refractivity contribution is 0.487. The van der Waals surface area contributed by atoms with E-state index in [1.165, 1.54) is 65.2 Å². The summed E-state index contributed by atoms with van der Waals surface area (Å²) in [5.74, 6) is 1.78. The lowest BCUT2D eigenvalue weighted by atomic mass is 9.34. The van der Waals surface area contributed by atoms with E-state index in [-0.39, 0.29) is 12.1 Å². The number of fused-ring (bicyclic) bond motifs is 7. The first-order valence-corrected chi connectivity index (χ1v) is 26.5. The number of hydrogen-bond donors (Lipinski definition) is 0. The van der Waals surface area contributed by atoms with Gasteiger partial charge >= 0.3 is 0 Å². The van der Waals surface area contributed by atoms with Gasteiger partial charge in [0.1, 0.15) is 11.5 Å². The first kappa shape index (κ1) is 42.0. The van der Waals surface area contributed by atoms with Crippen molar-refractivity contribution >= 4 is 86.0 Å². The molecule has 13 rings (SSSR count). The van der Waals surface area contributed by atoms with Crippen LogP contribution in [0.15, 0.2) is 237 Å². The molecule has 0 N–H and O–H groups in total. The van der Waals surface area contributed by atoms with Crippen LogP contribution in [0.4, 0.5) is 34.1 Å². The number of ether oxygens (including phenoxy) is 1. The van der Waals surface area contributed by atoms with Gasteiger partial charge in [-0.15, -0.1) is 0 Å². The predicted molar refractivity (Wildman–Crippen MR) is 298 cm³/mol. The van der Waals surface area contributed by atoms with Crippen molar-refractivity contribution in [2.75, 3.05) is 9.80 Å². The van der Waals surface area contributed by atoms with Gasteiger partial charge in [-0.2, -0.15) is 0 Å². The maximum Gasteiger partial charge on any atom is 0.256 e. The number of nitrogens with zero attached hydrogens (tertiary/aromatic N) is 2. The van der Waals surface area contributed by atoms with Gasteiger partial charge < -0.3 is 14.5 Å². The number of aryl methyl sites for hydroxylation is 1. The molecule has 70 heavy (non-hydrogen) atoms. The van der Waals surface area contributed by atoms with Crippen molar-refractivity contribution in [1.29, 1.82) is 0 Å². The molecule has 0 aromatic heterocycles. The molecule has 0 spiro atoms. The molecular formula is C65H51BN2OSi. The van der Waals surface area contributed by atoms with Crippen LogP contribution in [0.5, 0.6) is 11.5 Å². The summed E-state index contributed by atoms with van der Waals surface area (Å²) in [6.07, 6.45) is 0. The van der Waals surface area contributed by atoms with Gasteiger partial charge in [0.2, 0.25) is 0 Å². The highest BCUT2D eigenvalue weighted by molar-refractivity contribution is 7.22. The number of para-hydroxylation sites is 2.